The van der Waals surface area contributed by atoms with Gasteiger partial charge in [0.05, 0.1) is 6.42 Å². The van der Waals surface area contributed by atoms with Gasteiger partial charge in [0.25, 0.3) is 5.91 Å². The molecule has 5 nitrogen and oxygen atoms in total. The molecule has 0 aliphatic heterocycles. The molecule has 0 fully saturated rings. The summed E-state index contributed by atoms with van der Waals surface area (Å²) < 4.78 is 0.796. The molecule has 0 aromatic carbocycles. The highest BCUT2D eigenvalue weighted by Crippen LogP contribution is 2.12. The van der Waals surface area contributed by atoms with Crippen LogP contribution in [0.5, 0.6) is 0 Å². The van der Waals surface area contributed by atoms with Gasteiger partial charge in [-0.05, 0) is 28.9 Å². The molecule has 16 heavy (non-hydrogen) atoms. The smallest absolute Gasteiger partial charge is 0.305 e. The van der Waals surface area contributed by atoms with Gasteiger partial charge in [0.15, 0.2) is 0 Å². The number of halogens is 1. The van der Waals surface area contributed by atoms with Crippen molar-refractivity contribution < 1.29 is 14.7 Å². The standard InChI is InChI=1S/C10H13BrN2O3/c1-2-13(4-3-9(14)15)10(16)8-5-7(11)6-12-8/h5-6,12H,2-4H2,1H3,(H,14,15). The van der Waals surface area contributed by atoms with E-state index in [2.05, 4.69) is 20.9 Å². The second kappa shape index (κ2) is 5.69. The Morgan fingerprint density at radius 2 is 2.25 bits per heavy atom. The minimum absolute atomic E-state index is 0.0402. The van der Waals surface area contributed by atoms with E-state index >= 15 is 0 Å². The first kappa shape index (κ1) is 12.8. The van der Waals surface area contributed by atoms with E-state index in [1.807, 2.05) is 6.92 Å². The molecule has 1 heterocycles. The summed E-state index contributed by atoms with van der Waals surface area (Å²) >= 11 is 3.24. The fourth-order valence-corrected chi connectivity index (χ4v) is 1.64. The maximum Gasteiger partial charge on any atom is 0.305 e. The zero-order valence-corrected chi connectivity index (χ0v) is 10.5. The lowest BCUT2D eigenvalue weighted by molar-refractivity contribution is -0.137. The van der Waals surface area contributed by atoms with Crippen molar-refractivity contribution in [3.8, 4) is 0 Å². The molecular formula is C10H13BrN2O3. The fraction of sp³-hybridized carbons (Fsp3) is 0.400. The molecule has 1 aromatic heterocycles. The molecule has 88 valence electrons. The summed E-state index contributed by atoms with van der Waals surface area (Å²) in [6.07, 6.45) is 1.62. The van der Waals surface area contributed by atoms with Crippen molar-refractivity contribution in [3.05, 3.63) is 22.4 Å². The van der Waals surface area contributed by atoms with Gasteiger partial charge in [0.1, 0.15) is 5.69 Å². The van der Waals surface area contributed by atoms with Crippen molar-refractivity contribution in [2.75, 3.05) is 13.1 Å². The molecule has 1 aromatic rings. The van der Waals surface area contributed by atoms with Crippen LogP contribution in [0.3, 0.4) is 0 Å². The quantitative estimate of drug-likeness (QED) is 0.866. The topological polar surface area (TPSA) is 73.4 Å². The van der Waals surface area contributed by atoms with Crippen LogP contribution in [0.2, 0.25) is 0 Å². The van der Waals surface area contributed by atoms with Crippen LogP contribution >= 0.6 is 15.9 Å². The van der Waals surface area contributed by atoms with Crippen molar-refractivity contribution in [3.63, 3.8) is 0 Å². The molecule has 0 saturated carbocycles. The number of carboxylic acid groups (broad SMARTS) is 1. The summed E-state index contributed by atoms with van der Waals surface area (Å²) in [7, 11) is 0. The van der Waals surface area contributed by atoms with Crippen LogP contribution in [0.25, 0.3) is 0 Å². The first-order chi connectivity index (χ1) is 7.54. The van der Waals surface area contributed by atoms with Gasteiger partial charge in [-0.25, -0.2) is 0 Å². The van der Waals surface area contributed by atoms with Crippen LogP contribution in [0, 0.1) is 0 Å². The summed E-state index contributed by atoms with van der Waals surface area (Å²) in [5.41, 5.74) is 0.458. The van der Waals surface area contributed by atoms with Gasteiger partial charge < -0.3 is 15.0 Å². The SMILES string of the molecule is CCN(CCC(=O)O)C(=O)c1cc(Br)c[nH]1. The van der Waals surface area contributed by atoms with Crippen molar-refractivity contribution in [1.29, 1.82) is 0 Å². The number of hydrogen-bond donors (Lipinski definition) is 2. The number of H-pyrrole nitrogens is 1. The molecule has 0 bridgehead atoms. The molecule has 2 N–H and O–H groups in total. The van der Waals surface area contributed by atoms with Gasteiger partial charge in [0.2, 0.25) is 0 Å². The van der Waals surface area contributed by atoms with Gasteiger partial charge in [-0.3, -0.25) is 9.59 Å². The van der Waals surface area contributed by atoms with Crippen LogP contribution in [0.15, 0.2) is 16.7 Å². The van der Waals surface area contributed by atoms with Crippen LogP contribution in [0.4, 0.5) is 0 Å². The molecular weight excluding hydrogens is 276 g/mol. The monoisotopic (exact) mass is 288 g/mol. The number of nitrogens with one attached hydrogen (secondary N) is 1. The van der Waals surface area contributed by atoms with E-state index in [1.165, 1.54) is 4.90 Å². The Balaban J connectivity index is 2.66. The number of nitrogens with zero attached hydrogens (tertiary/aromatic N) is 1. The minimum atomic E-state index is -0.904. The van der Waals surface area contributed by atoms with Gasteiger partial charge in [-0.2, -0.15) is 0 Å². The Morgan fingerprint density at radius 1 is 1.56 bits per heavy atom. The summed E-state index contributed by atoms with van der Waals surface area (Å²) in [5, 5.41) is 8.56. The minimum Gasteiger partial charge on any atom is -0.481 e. The Bertz CT molecular complexity index is 389. The van der Waals surface area contributed by atoms with E-state index in [-0.39, 0.29) is 18.9 Å². The van der Waals surface area contributed by atoms with Crippen LogP contribution in [-0.4, -0.2) is 40.0 Å². The summed E-state index contributed by atoms with van der Waals surface area (Å²) in [6, 6.07) is 1.67. The van der Waals surface area contributed by atoms with E-state index in [0.29, 0.717) is 12.2 Å². The number of aliphatic carboxylic acids is 1. The Morgan fingerprint density at radius 3 is 2.69 bits per heavy atom. The number of amides is 1. The molecule has 1 amide bonds. The van der Waals surface area contributed by atoms with Crippen molar-refractivity contribution in [1.82, 2.24) is 9.88 Å². The number of rotatable bonds is 5. The van der Waals surface area contributed by atoms with Gasteiger partial charge >= 0.3 is 5.97 Å². The molecule has 0 radical (unpaired) electrons. The third kappa shape index (κ3) is 3.37. The molecule has 0 atom stereocenters. The highest BCUT2D eigenvalue weighted by atomic mass is 79.9. The largest absolute Gasteiger partial charge is 0.481 e. The predicted molar refractivity (Wildman–Crippen MR) is 62.3 cm³/mol. The normalized spacial score (nSPS) is 10.1. The second-order valence-corrected chi connectivity index (χ2v) is 4.18. The maximum atomic E-state index is 11.9. The Labute approximate surface area is 102 Å². The summed E-state index contributed by atoms with van der Waals surface area (Å²) in [4.78, 5) is 26.6. The highest BCUT2D eigenvalue weighted by molar-refractivity contribution is 9.10. The number of aromatic nitrogens is 1. The molecule has 0 aliphatic carbocycles. The number of hydrogen-bond acceptors (Lipinski definition) is 2. The zero-order chi connectivity index (χ0) is 12.1. The molecule has 0 saturated heterocycles. The Kier molecular flexibility index (Phi) is 4.54. The van der Waals surface area contributed by atoms with Crippen molar-refractivity contribution >= 4 is 27.8 Å². The number of aromatic amines is 1. The maximum absolute atomic E-state index is 11.9. The molecule has 6 heteroatoms. The van der Waals surface area contributed by atoms with Gasteiger partial charge in [0, 0.05) is 23.8 Å². The van der Waals surface area contributed by atoms with Gasteiger partial charge in [-0.1, -0.05) is 0 Å². The first-order valence-electron chi connectivity index (χ1n) is 4.89. The molecule has 1 rings (SSSR count). The second-order valence-electron chi connectivity index (χ2n) is 3.26. The van der Waals surface area contributed by atoms with E-state index < -0.39 is 5.97 Å². The number of carbonyl (C=O) groups is 2. The molecule has 0 spiro atoms. The highest BCUT2D eigenvalue weighted by Gasteiger charge is 2.16. The lowest BCUT2D eigenvalue weighted by Crippen LogP contribution is -2.33. The van der Waals surface area contributed by atoms with E-state index in [0.717, 1.165) is 4.47 Å². The summed E-state index contributed by atoms with van der Waals surface area (Å²) in [5.74, 6) is -1.09. The summed E-state index contributed by atoms with van der Waals surface area (Å²) in [6.45, 7) is 2.53. The predicted octanol–water partition coefficient (Wildman–Crippen LogP) is 1.71. The number of carboxylic acids is 1. The van der Waals surface area contributed by atoms with Crippen LogP contribution < -0.4 is 0 Å². The lowest BCUT2D eigenvalue weighted by Gasteiger charge is -2.18. The first-order valence-corrected chi connectivity index (χ1v) is 5.69. The van der Waals surface area contributed by atoms with E-state index in [1.54, 1.807) is 12.3 Å². The van der Waals surface area contributed by atoms with Crippen LogP contribution in [0.1, 0.15) is 23.8 Å². The molecule has 0 aliphatic rings. The van der Waals surface area contributed by atoms with Crippen molar-refractivity contribution in [2.24, 2.45) is 0 Å². The van der Waals surface area contributed by atoms with E-state index in [4.69, 9.17) is 5.11 Å². The average Bonchev–Trinajstić information content (AvgIpc) is 2.65. The van der Waals surface area contributed by atoms with Crippen molar-refractivity contribution in [2.45, 2.75) is 13.3 Å². The third-order valence-electron chi connectivity index (χ3n) is 2.14. The third-order valence-corrected chi connectivity index (χ3v) is 2.60. The van der Waals surface area contributed by atoms with Crippen LogP contribution in [-0.2, 0) is 4.79 Å². The Hall–Kier alpha value is -1.30. The fourth-order valence-electron chi connectivity index (χ4n) is 1.30. The van der Waals surface area contributed by atoms with Gasteiger partial charge in [-0.15, -0.1) is 0 Å². The van der Waals surface area contributed by atoms with E-state index in [9.17, 15) is 9.59 Å². The zero-order valence-electron chi connectivity index (χ0n) is 8.86. The number of carbonyl (C=O) groups excluding carboxylic acids is 1. The average molecular weight is 289 g/mol. The lowest BCUT2D eigenvalue weighted by atomic mass is 10.3. The molecule has 0 unspecified atom stereocenters.